The number of hydrogen-bond donors (Lipinski definition) is 1. The van der Waals surface area contributed by atoms with Gasteiger partial charge in [-0.3, -0.25) is 23.9 Å². The van der Waals surface area contributed by atoms with Gasteiger partial charge in [-0.2, -0.15) is 5.10 Å². The topological polar surface area (TPSA) is 105 Å². The fourth-order valence-corrected chi connectivity index (χ4v) is 8.93. The summed E-state index contributed by atoms with van der Waals surface area (Å²) < 4.78 is 1.78. The number of amides is 3. The van der Waals surface area contributed by atoms with E-state index in [1.165, 1.54) is 6.42 Å². The molecule has 0 bridgehead atoms. The molecule has 5 fully saturated rings. The van der Waals surface area contributed by atoms with E-state index in [1.54, 1.807) is 17.1 Å². The minimum atomic E-state index is -0.399. The highest BCUT2D eigenvalue weighted by Gasteiger charge is 2.63. The number of nitrogens with one attached hydrogen (secondary N) is 1. The Labute approximate surface area is 272 Å². The Kier molecular flexibility index (Phi) is 8.30. The first-order valence-electron chi connectivity index (χ1n) is 17.6. The van der Waals surface area contributed by atoms with Crippen molar-refractivity contribution < 1.29 is 19.2 Å². The molecule has 1 aromatic heterocycles. The summed E-state index contributed by atoms with van der Waals surface area (Å²) >= 11 is 0. The fourth-order valence-electron chi connectivity index (χ4n) is 8.93. The monoisotopic (exact) mass is 627 g/mol. The van der Waals surface area contributed by atoms with Gasteiger partial charge in [-0.25, -0.2) is 0 Å². The highest BCUT2D eigenvalue weighted by Crippen LogP contribution is 2.60. The Hall–Kier alpha value is -3.49. The van der Waals surface area contributed by atoms with Gasteiger partial charge in [0.25, 0.3) is 5.91 Å². The zero-order chi connectivity index (χ0) is 32.1. The Bertz CT molecular complexity index is 1470. The molecule has 3 aliphatic carbocycles. The molecule has 3 atom stereocenters. The molecule has 3 amide bonds. The van der Waals surface area contributed by atoms with E-state index in [0.717, 1.165) is 50.5 Å². The number of piperidine rings is 1. The first-order chi connectivity index (χ1) is 22.1. The molecule has 2 aliphatic heterocycles. The van der Waals surface area contributed by atoms with Gasteiger partial charge in [0, 0.05) is 55.7 Å². The highest BCUT2D eigenvalue weighted by molar-refractivity contribution is 5.95. The summed E-state index contributed by atoms with van der Waals surface area (Å²) in [6, 6.07) is 10.3. The molecule has 5 aliphatic rings. The van der Waals surface area contributed by atoms with Crippen molar-refractivity contribution in [2.24, 2.45) is 34.5 Å². The van der Waals surface area contributed by atoms with E-state index >= 15 is 0 Å². The lowest BCUT2D eigenvalue weighted by Gasteiger charge is -2.48. The molecular weight excluding hydrogens is 578 g/mol. The van der Waals surface area contributed by atoms with Crippen LogP contribution in [-0.4, -0.2) is 75.3 Å². The van der Waals surface area contributed by atoms with Gasteiger partial charge in [-0.15, -0.1) is 0 Å². The number of ketones is 1. The van der Waals surface area contributed by atoms with E-state index in [2.05, 4.69) is 24.3 Å². The van der Waals surface area contributed by atoms with Gasteiger partial charge < -0.3 is 15.1 Å². The minimum absolute atomic E-state index is 0.0406. The van der Waals surface area contributed by atoms with Crippen molar-refractivity contribution in [3.8, 4) is 0 Å². The SMILES string of the molecule is CC1(C)CC1C(=O)C1CC2(C1)CN(C(=O)c1cnn(Cc3ccccc3)c1)C[C@H]2C(=O)N1CCC[C@@H](C(=O)NC2CCCCC2)C1. The van der Waals surface area contributed by atoms with E-state index in [-0.39, 0.29) is 52.8 Å². The van der Waals surface area contributed by atoms with E-state index in [0.29, 0.717) is 56.9 Å². The van der Waals surface area contributed by atoms with E-state index in [4.69, 9.17) is 0 Å². The Balaban J connectivity index is 1.05. The lowest BCUT2D eigenvalue weighted by Crippen LogP contribution is -2.54. The minimum Gasteiger partial charge on any atom is -0.353 e. The van der Waals surface area contributed by atoms with Crippen molar-refractivity contribution in [2.75, 3.05) is 26.2 Å². The van der Waals surface area contributed by atoms with Gasteiger partial charge in [-0.1, -0.05) is 63.4 Å². The summed E-state index contributed by atoms with van der Waals surface area (Å²) in [6.07, 6.45) is 12.9. The van der Waals surface area contributed by atoms with Crippen LogP contribution < -0.4 is 5.32 Å². The lowest BCUT2D eigenvalue weighted by molar-refractivity contribution is -0.149. The van der Waals surface area contributed by atoms with Gasteiger partial charge in [0.15, 0.2) is 0 Å². The molecule has 1 unspecified atom stereocenters. The van der Waals surface area contributed by atoms with Crippen LogP contribution >= 0.6 is 0 Å². The zero-order valence-corrected chi connectivity index (χ0v) is 27.5. The predicted octanol–water partition coefficient (Wildman–Crippen LogP) is 4.70. The molecule has 246 valence electrons. The maximum Gasteiger partial charge on any atom is 0.257 e. The van der Waals surface area contributed by atoms with Crippen molar-refractivity contribution in [2.45, 2.75) is 90.6 Å². The molecule has 2 saturated heterocycles. The van der Waals surface area contributed by atoms with Gasteiger partial charge in [0.1, 0.15) is 5.78 Å². The molecule has 1 aromatic carbocycles. The van der Waals surface area contributed by atoms with Crippen molar-refractivity contribution in [1.82, 2.24) is 24.9 Å². The number of benzene rings is 1. The molecule has 2 aromatic rings. The number of Topliss-reactive ketones (excluding diaryl/α,β-unsaturated/α-hetero) is 1. The van der Waals surface area contributed by atoms with Gasteiger partial charge in [0.05, 0.1) is 30.1 Å². The third kappa shape index (κ3) is 6.14. The van der Waals surface area contributed by atoms with Crippen LogP contribution in [0.4, 0.5) is 0 Å². The Morgan fingerprint density at radius 3 is 2.33 bits per heavy atom. The second-order valence-electron chi connectivity index (χ2n) is 15.7. The van der Waals surface area contributed by atoms with E-state index in [9.17, 15) is 19.2 Å². The summed E-state index contributed by atoms with van der Waals surface area (Å²) in [5, 5.41) is 7.73. The summed E-state index contributed by atoms with van der Waals surface area (Å²) in [5.41, 5.74) is 1.30. The average Bonchev–Trinajstić information content (AvgIpc) is 3.36. The maximum atomic E-state index is 14.4. The van der Waals surface area contributed by atoms with Crippen LogP contribution in [0.3, 0.4) is 0 Å². The van der Waals surface area contributed by atoms with Gasteiger partial charge >= 0.3 is 0 Å². The van der Waals surface area contributed by atoms with Crippen LogP contribution in [0.2, 0.25) is 0 Å². The Morgan fingerprint density at radius 2 is 1.61 bits per heavy atom. The maximum absolute atomic E-state index is 14.4. The van der Waals surface area contributed by atoms with Crippen LogP contribution in [0.15, 0.2) is 42.7 Å². The van der Waals surface area contributed by atoms with E-state index in [1.807, 2.05) is 40.1 Å². The average molecular weight is 628 g/mol. The van der Waals surface area contributed by atoms with Crippen molar-refractivity contribution in [3.63, 3.8) is 0 Å². The molecular formula is C37H49N5O4. The number of carbonyl (C=O) groups is 4. The first-order valence-corrected chi connectivity index (χ1v) is 17.6. The second kappa shape index (κ2) is 12.3. The number of rotatable bonds is 8. The zero-order valence-electron chi connectivity index (χ0n) is 27.5. The number of nitrogens with zero attached hydrogens (tertiary/aromatic N) is 4. The summed E-state index contributed by atoms with van der Waals surface area (Å²) in [4.78, 5) is 58.6. The lowest BCUT2D eigenvalue weighted by atomic mass is 9.55. The van der Waals surface area contributed by atoms with Crippen LogP contribution in [0.5, 0.6) is 0 Å². The van der Waals surface area contributed by atoms with Crippen LogP contribution in [0.25, 0.3) is 0 Å². The standard InChI is InChI=1S/C37H49N5O4/c1-36(2)18-30(36)32(43)27-16-37(17-27)24-41(34(45)28-19-38-42(22-28)20-25-10-5-3-6-11-25)23-31(37)35(46)40-15-9-12-26(21-40)33(44)39-29-13-7-4-8-14-29/h3,5-6,10-11,19,22,26-27,29-31H,4,7-9,12-18,20-21,23-24H2,1-2H3,(H,39,44)/t26-,27?,30?,31+,37?/m1/s1. The normalized spacial score (nSPS) is 30.6. The molecule has 1 N–H and O–H groups in total. The number of hydrogen-bond acceptors (Lipinski definition) is 5. The third-order valence-corrected chi connectivity index (χ3v) is 11.9. The number of carbonyl (C=O) groups excluding carboxylic acids is 4. The summed E-state index contributed by atoms with van der Waals surface area (Å²) in [5.74, 6) is -0.142. The van der Waals surface area contributed by atoms with Crippen molar-refractivity contribution in [3.05, 3.63) is 53.9 Å². The number of likely N-dealkylation sites (tertiary alicyclic amines) is 2. The molecule has 0 radical (unpaired) electrons. The van der Waals surface area contributed by atoms with Crippen LogP contribution in [0, 0.1) is 34.5 Å². The van der Waals surface area contributed by atoms with E-state index < -0.39 is 5.41 Å². The predicted molar refractivity (Wildman–Crippen MR) is 174 cm³/mol. The largest absolute Gasteiger partial charge is 0.353 e. The summed E-state index contributed by atoms with van der Waals surface area (Å²) in [6.45, 7) is 6.77. The second-order valence-corrected chi connectivity index (χ2v) is 15.7. The Morgan fingerprint density at radius 1 is 0.870 bits per heavy atom. The third-order valence-electron chi connectivity index (χ3n) is 11.9. The molecule has 9 heteroatoms. The molecule has 3 heterocycles. The van der Waals surface area contributed by atoms with Gasteiger partial charge in [0.2, 0.25) is 11.8 Å². The van der Waals surface area contributed by atoms with Crippen molar-refractivity contribution >= 4 is 23.5 Å². The highest BCUT2D eigenvalue weighted by atomic mass is 16.2. The molecule has 46 heavy (non-hydrogen) atoms. The van der Waals surface area contributed by atoms with Gasteiger partial charge in [-0.05, 0) is 55.9 Å². The molecule has 7 rings (SSSR count). The molecule has 1 spiro atoms. The summed E-state index contributed by atoms with van der Waals surface area (Å²) in [7, 11) is 0. The van der Waals surface area contributed by atoms with Crippen LogP contribution in [0.1, 0.15) is 94.0 Å². The van der Waals surface area contributed by atoms with Crippen molar-refractivity contribution in [1.29, 1.82) is 0 Å². The quantitative estimate of drug-likeness (QED) is 0.457. The smallest absolute Gasteiger partial charge is 0.257 e. The first kappa shape index (κ1) is 31.1. The molecule has 9 nitrogen and oxygen atoms in total. The fraction of sp³-hybridized carbons (Fsp3) is 0.649. The van der Waals surface area contributed by atoms with Crippen LogP contribution in [-0.2, 0) is 20.9 Å². The number of aromatic nitrogens is 2. The molecule has 3 saturated carbocycles.